The Kier molecular flexibility index (Phi) is 2.81. The molecule has 1 aromatic rings. The number of aromatic amines is 1. The highest BCUT2D eigenvalue weighted by molar-refractivity contribution is 6.09. The number of rotatable bonds is 2. The number of hydroxylamine groups is 2. The average Bonchev–Trinajstić information content (AvgIpc) is 2.83. The Morgan fingerprint density at radius 2 is 2.18 bits per heavy atom. The van der Waals surface area contributed by atoms with Crippen molar-refractivity contribution in [2.75, 3.05) is 0 Å². The van der Waals surface area contributed by atoms with E-state index in [1.54, 1.807) is 24.9 Å². The molecule has 90 valence electrons. The Morgan fingerprint density at radius 3 is 2.76 bits per heavy atom. The minimum absolute atomic E-state index is 0.368. The van der Waals surface area contributed by atoms with Crippen LogP contribution in [0.4, 0.5) is 0 Å². The first-order chi connectivity index (χ1) is 7.97. The third-order valence-electron chi connectivity index (χ3n) is 2.24. The summed E-state index contributed by atoms with van der Waals surface area (Å²) in [4.78, 5) is 15.2. The van der Waals surface area contributed by atoms with Gasteiger partial charge >= 0.3 is 0 Å². The van der Waals surface area contributed by atoms with Crippen LogP contribution in [0.1, 0.15) is 26.5 Å². The molecule has 6 nitrogen and oxygen atoms in total. The molecule has 0 fully saturated rings. The van der Waals surface area contributed by atoms with Crippen molar-refractivity contribution >= 4 is 12.1 Å². The highest BCUT2D eigenvalue weighted by Crippen LogP contribution is 2.15. The summed E-state index contributed by atoms with van der Waals surface area (Å²) in [5.41, 5.74) is 0.990. The van der Waals surface area contributed by atoms with Crippen LogP contribution in [0, 0.1) is 0 Å². The molecule has 0 aliphatic carbocycles. The molecule has 0 bridgehead atoms. The van der Waals surface area contributed by atoms with E-state index in [2.05, 4.69) is 20.0 Å². The van der Waals surface area contributed by atoms with Gasteiger partial charge < -0.3 is 4.98 Å². The number of aromatic nitrogens is 2. The molecule has 0 atom stereocenters. The number of imidazole rings is 1. The van der Waals surface area contributed by atoms with Crippen molar-refractivity contribution in [1.82, 2.24) is 15.0 Å². The van der Waals surface area contributed by atoms with Crippen LogP contribution in [0.3, 0.4) is 0 Å². The van der Waals surface area contributed by atoms with Crippen molar-refractivity contribution in [3.05, 3.63) is 30.1 Å². The second-order valence-electron chi connectivity index (χ2n) is 4.73. The summed E-state index contributed by atoms with van der Waals surface area (Å²) in [7, 11) is 0. The minimum Gasteiger partial charge on any atom is -0.342 e. The number of amidine groups is 1. The van der Waals surface area contributed by atoms with E-state index in [9.17, 15) is 5.21 Å². The zero-order chi connectivity index (χ0) is 12.5. The maximum absolute atomic E-state index is 9.77. The van der Waals surface area contributed by atoms with Crippen LogP contribution in [-0.4, -0.2) is 37.8 Å². The van der Waals surface area contributed by atoms with Gasteiger partial charge in [-0.3, -0.25) is 10.3 Å². The lowest BCUT2D eigenvalue weighted by Gasteiger charge is -2.27. The van der Waals surface area contributed by atoms with Gasteiger partial charge in [-0.25, -0.2) is 15.0 Å². The summed E-state index contributed by atoms with van der Waals surface area (Å²) < 4.78 is 0. The Labute approximate surface area is 99.4 Å². The van der Waals surface area contributed by atoms with Gasteiger partial charge in [-0.2, -0.15) is 0 Å². The minimum atomic E-state index is -0.368. The SMILES string of the molecule is CC(C)(C)N(O)C=C1C=NC(c2cnc[nH]2)=N1. The van der Waals surface area contributed by atoms with Crippen molar-refractivity contribution in [2.24, 2.45) is 9.98 Å². The lowest BCUT2D eigenvalue weighted by atomic mass is 10.1. The highest BCUT2D eigenvalue weighted by Gasteiger charge is 2.18. The van der Waals surface area contributed by atoms with Crippen molar-refractivity contribution in [2.45, 2.75) is 26.3 Å². The topological polar surface area (TPSA) is 76.9 Å². The third-order valence-corrected chi connectivity index (χ3v) is 2.24. The van der Waals surface area contributed by atoms with Crippen LogP contribution in [0.2, 0.25) is 0 Å². The molecule has 1 aliphatic rings. The average molecular weight is 233 g/mol. The standard InChI is InChI=1S/C11H15N5O/c1-11(2,3)16(17)6-8-4-13-10(15-8)9-5-12-7-14-9/h4-7,17H,1-3H3,(H,12,14). The molecule has 1 aliphatic heterocycles. The van der Waals surface area contributed by atoms with Crippen LogP contribution in [0.15, 0.2) is 34.4 Å². The molecular formula is C11H15N5O. The monoisotopic (exact) mass is 233 g/mol. The van der Waals surface area contributed by atoms with Crippen molar-refractivity contribution in [3.8, 4) is 0 Å². The number of hydrogen-bond donors (Lipinski definition) is 2. The summed E-state index contributed by atoms with van der Waals surface area (Å²) in [5, 5.41) is 10.9. The van der Waals surface area contributed by atoms with E-state index in [0.717, 1.165) is 10.8 Å². The van der Waals surface area contributed by atoms with Crippen LogP contribution in [0.5, 0.6) is 0 Å². The van der Waals surface area contributed by atoms with Crippen LogP contribution in [0.25, 0.3) is 0 Å². The highest BCUT2D eigenvalue weighted by atomic mass is 16.5. The second kappa shape index (κ2) is 4.14. The maximum atomic E-state index is 9.77. The first-order valence-electron chi connectivity index (χ1n) is 5.28. The van der Waals surface area contributed by atoms with Gasteiger partial charge in [-0.05, 0) is 20.8 Å². The molecular weight excluding hydrogens is 218 g/mol. The fourth-order valence-electron chi connectivity index (χ4n) is 1.20. The van der Waals surface area contributed by atoms with Gasteiger partial charge in [-0.15, -0.1) is 0 Å². The van der Waals surface area contributed by atoms with Crippen molar-refractivity contribution < 1.29 is 5.21 Å². The Hall–Kier alpha value is -1.95. The van der Waals surface area contributed by atoms with Crippen LogP contribution in [-0.2, 0) is 0 Å². The summed E-state index contributed by atoms with van der Waals surface area (Å²) in [6.45, 7) is 5.70. The number of aliphatic imine (C=N–C) groups is 2. The van der Waals surface area contributed by atoms with E-state index in [-0.39, 0.29) is 5.54 Å². The molecule has 0 aromatic carbocycles. The van der Waals surface area contributed by atoms with Gasteiger partial charge in [0.05, 0.1) is 30.5 Å². The third kappa shape index (κ3) is 2.59. The molecule has 2 N–H and O–H groups in total. The lowest BCUT2D eigenvalue weighted by Crippen LogP contribution is -2.34. The van der Waals surface area contributed by atoms with Gasteiger partial charge in [-0.1, -0.05) is 0 Å². The predicted octanol–water partition coefficient (Wildman–Crippen LogP) is 1.57. The van der Waals surface area contributed by atoms with E-state index >= 15 is 0 Å². The van der Waals surface area contributed by atoms with Gasteiger partial charge in [0, 0.05) is 0 Å². The van der Waals surface area contributed by atoms with Gasteiger partial charge in [0.2, 0.25) is 0 Å². The predicted molar refractivity (Wildman–Crippen MR) is 65.1 cm³/mol. The second-order valence-corrected chi connectivity index (χ2v) is 4.73. The molecule has 2 rings (SSSR count). The number of nitrogens with one attached hydrogen (secondary N) is 1. The quantitative estimate of drug-likeness (QED) is 0.761. The summed E-state index contributed by atoms with van der Waals surface area (Å²) >= 11 is 0. The molecule has 0 amide bonds. The molecule has 0 unspecified atom stereocenters. The van der Waals surface area contributed by atoms with Gasteiger partial charge in [0.15, 0.2) is 5.84 Å². The number of H-pyrrole nitrogens is 1. The lowest BCUT2D eigenvalue weighted by molar-refractivity contribution is -0.110. The number of nitrogens with zero attached hydrogens (tertiary/aromatic N) is 4. The summed E-state index contributed by atoms with van der Waals surface area (Å²) in [6.07, 6.45) is 6.38. The molecule has 2 heterocycles. The Balaban J connectivity index is 2.18. The smallest absolute Gasteiger partial charge is 0.178 e. The largest absolute Gasteiger partial charge is 0.342 e. The molecule has 6 heteroatoms. The van der Waals surface area contributed by atoms with E-state index in [0.29, 0.717) is 11.5 Å². The van der Waals surface area contributed by atoms with E-state index < -0.39 is 0 Å². The molecule has 0 spiro atoms. The molecule has 0 radical (unpaired) electrons. The summed E-state index contributed by atoms with van der Waals surface area (Å²) in [5.74, 6) is 0.566. The fraction of sp³-hybridized carbons (Fsp3) is 0.364. The normalized spacial score (nSPS) is 17.6. The number of allylic oxidation sites excluding steroid dienone is 1. The van der Waals surface area contributed by atoms with E-state index in [1.807, 2.05) is 20.8 Å². The Bertz CT molecular complexity index is 478. The molecule has 17 heavy (non-hydrogen) atoms. The van der Waals surface area contributed by atoms with Gasteiger partial charge in [0.1, 0.15) is 11.4 Å². The molecule has 1 aromatic heterocycles. The van der Waals surface area contributed by atoms with Crippen molar-refractivity contribution in [1.29, 1.82) is 0 Å². The van der Waals surface area contributed by atoms with Crippen LogP contribution >= 0.6 is 0 Å². The molecule has 0 saturated carbocycles. The molecule has 0 saturated heterocycles. The fourth-order valence-corrected chi connectivity index (χ4v) is 1.20. The van der Waals surface area contributed by atoms with E-state index in [1.165, 1.54) is 0 Å². The maximum Gasteiger partial charge on any atom is 0.178 e. The van der Waals surface area contributed by atoms with Crippen LogP contribution < -0.4 is 0 Å². The zero-order valence-corrected chi connectivity index (χ0v) is 10.0. The first kappa shape index (κ1) is 11.5. The zero-order valence-electron chi connectivity index (χ0n) is 10.0. The van der Waals surface area contributed by atoms with Gasteiger partial charge in [0.25, 0.3) is 0 Å². The first-order valence-corrected chi connectivity index (χ1v) is 5.28. The number of hydrogen-bond acceptors (Lipinski definition) is 5. The summed E-state index contributed by atoms with van der Waals surface area (Å²) in [6, 6.07) is 0. The Morgan fingerprint density at radius 1 is 1.41 bits per heavy atom. The van der Waals surface area contributed by atoms with E-state index in [4.69, 9.17) is 0 Å². The van der Waals surface area contributed by atoms with Crippen molar-refractivity contribution in [3.63, 3.8) is 0 Å².